The fourth-order valence-electron chi connectivity index (χ4n) is 4.34. The van der Waals surface area contributed by atoms with Crippen molar-refractivity contribution in [1.29, 1.82) is 0 Å². The monoisotopic (exact) mass is 407 g/mol. The van der Waals surface area contributed by atoms with E-state index in [1.54, 1.807) is 29.3 Å². The first-order valence-electron chi connectivity index (χ1n) is 10.6. The fourth-order valence-corrected chi connectivity index (χ4v) is 4.34. The van der Waals surface area contributed by atoms with E-state index < -0.39 is 0 Å². The number of carbonyl (C=O) groups excluding carboxylic acids is 2. The van der Waals surface area contributed by atoms with Gasteiger partial charge in [0.05, 0.1) is 23.5 Å². The first-order valence-corrected chi connectivity index (χ1v) is 10.6. The normalized spacial score (nSPS) is 19.1. The third-order valence-corrected chi connectivity index (χ3v) is 5.88. The van der Waals surface area contributed by atoms with Crippen molar-refractivity contribution in [3.63, 3.8) is 0 Å². The molecular formula is C23H29N5O2. The van der Waals surface area contributed by atoms with Crippen molar-refractivity contribution in [2.45, 2.75) is 31.7 Å². The predicted octanol–water partition coefficient (Wildman–Crippen LogP) is 3.12. The number of piperidine rings is 1. The highest BCUT2D eigenvalue weighted by Crippen LogP contribution is 2.36. The zero-order valence-corrected chi connectivity index (χ0v) is 17.7. The standard InChI is InChI=1S/C23H29N5O2/c1-26(2)15-12-17-8-5-6-14-27(17)16-21(29)28-20-11-4-3-9-18(20)23(30)25-19-10-7-13-24-22(19)28/h3-4,7,9-11,13,17H,5-6,8,12,14-16H2,1-2H3,(H,25,30). The number of likely N-dealkylation sites (tertiary alicyclic amines) is 1. The van der Waals surface area contributed by atoms with Crippen LogP contribution in [0.15, 0.2) is 42.6 Å². The summed E-state index contributed by atoms with van der Waals surface area (Å²) in [5, 5.41) is 2.89. The molecule has 1 aromatic heterocycles. The number of rotatable bonds is 5. The maximum atomic E-state index is 13.6. The first-order chi connectivity index (χ1) is 14.5. The minimum atomic E-state index is -0.225. The molecule has 0 radical (unpaired) electrons. The molecule has 1 aromatic carbocycles. The molecule has 0 bridgehead atoms. The number of carbonyl (C=O) groups is 2. The summed E-state index contributed by atoms with van der Waals surface area (Å²) in [6.07, 6.45) is 6.13. The molecule has 2 amide bonds. The topological polar surface area (TPSA) is 68.8 Å². The fraction of sp³-hybridized carbons (Fsp3) is 0.435. The van der Waals surface area contributed by atoms with Crippen LogP contribution in [-0.2, 0) is 4.79 Å². The van der Waals surface area contributed by atoms with Crippen LogP contribution in [0.1, 0.15) is 36.0 Å². The highest BCUT2D eigenvalue weighted by atomic mass is 16.2. The molecule has 3 heterocycles. The van der Waals surface area contributed by atoms with Crippen LogP contribution in [0, 0.1) is 0 Å². The Bertz CT molecular complexity index is 929. The van der Waals surface area contributed by atoms with Crippen molar-refractivity contribution in [1.82, 2.24) is 14.8 Å². The van der Waals surface area contributed by atoms with E-state index in [4.69, 9.17) is 0 Å². The number of fused-ring (bicyclic) bond motifs is 2. The molecule has 2 aliphatic rings. The van der Waals surface area contributed by atoms with Crippen molar-refractivity contribution < 1.29 is 9.59 Å². The molecule has 0 saturated carbocycles. The summed E-state index contributed by atoms with van der Waals surface area (Å²) in [4.78, 5) is 36.9. The molecule has 0 spiro atoms. The Hall–Kier alpha value is -2.77. The van der Waals surface area contributed by atoms with Crippen molar-refractivity contribution in [3.8, 4) is 0 Å². The van der Waals surface area contributed by atoms with Crippen molar-refractivity contribution in [3.05, 3.63) is 48.2 Å². The second-order valence-electron chi connectivity index (χ2n) is 8.29. The third kappa shape index (κ3) is 4.22. The number of hydrogen-bond donors (Lipinski definition) is 1. The Kier molecular flexibility index (Phi) is 6.11. The lowest BCUT2D eigenvalue weighted by Gasteiger charge is -2.37. The molecule has 1 N–H and O–H groups in total. The lowest BCUT2D eigenvalue weighted by molar-refractivity contribution is -0.120. The van der Waals surface area contributed by atoms with E-state index in [0.717, 1.165) is 32.4 Å². The van der Waals surface area contributed by atoms with Gasteiger partial charge in [0.25, 0.3) is 5.91 Å². The smallest absolute Gasteiger partial charge is 0.257 e. The average molecular weight is 408 g/mol. The largest absolute Gasteiger partial charge is 0.319 e. The van der Waals surface area contributed by atoms with Crippen molar-refractivity contribution in [2.24, 2.45) is 0 Å². The number of amides is 2. The second kappa shape index (κ2) is 8.93. The highest BCUT2D eigenvalue weighted by molar-refractivity contribution is 6.17. The Balaban J connectivity index is 1.64. The quantitative estimate of drug-likeness (QED) is 0.825. The summed E-state index contributed by atoms with van der Waals surface area (Å²) >= 11 is 0. The number of aromatic nitrogens is 1. The van der Waals surface area contributed by atoms with Crippen molar-refractivity contribution >= 4 is 29.0 Å². The summed E-state index contributed by atoms with van der Waals surface area (Å²) in [5.74, 6) is 0.190. The van der Waals surface area contributed by atoms with Crippen LogP contribution in [0.25, 0.3) is 0 Å². The average Bonchev–Trinajstić information content (AvgIpc) is 2.87. The van der Waals surface area contributed by atoms with E-state index in [9.17, 15) is 9.59 Å². The number of nitrogens with zero attached hydrogens (tertiary/aromatic N) is 4. The zero-order valence-electron chi connectivity index (χ0n) is 17.7. The van der Waals surface area contributed by atoms with Crippen molar-refractivity contribution in [2.75, 3.05) is 43.9 Å². The Labute approximate surface area is 177 Å². The summed E-state index contributed by atoms with van der Waals surface area (Å²) in [5.41, 5.74) is 1.61. The van der Waals surface area contributed by atoms with E-state index in [-0.39, 0.29) is 11.8 Å². The van der Waals surface area contributed by atoms with Gasteiger partial charge in [-0.3, -0.25) is 19.4 Å². The van der Waals surface area contributed by atoms with Gasteiger partial charge in [0.15, 0.2) is 5.82 Å². The predicted molar refractivity (Wildman–Crippen MR) is 118 cm³/mol. The maximum Gasteiger partial charge on any atom is 0.257 e. The first kappa shape index (κ1) is 20.5. The number of para-hydroxylation sites is 1. The number of hydrogen-bond acceptors (Lipinski definition) is 5. The van der Waals surface area contributed by atoms with Gasteiger partial charge in [0.1, 0.15) is 0 Å². The van der Waals surface area contributed by atoms with Crippen LogP contribution in [0.5, 0.6) is 0 Å². The Morgan fingerprint density at radius 3 is 2.87 bits per heavy atom. The van der Waals surface area contributed by atoms with Gasteiger partial charge in [0.2, 0.25) is 5.91 Å². The molecule has 30 heavy (non-hydrogen) atoms. The van der Waals surface area contributed by atoms with Gasteiger partial charge < -0.3 is 10.2 Å². The molecule has 0 aliphatic carbocycles. The molecule has 7 nitrogen and oxygen atoms in total. The van der Waals surface area contributed by atoms with E-state index in [2.05, 4.69) is 34.2 Å². The van der Waals surface area contributed by atoms with Crippen LogP contribution in [0.4, 0.5) is 17.2 Å². The number of benzene rings is 1. The molecule has 1 fully saturated rings. The second-order valence-corrected chi connectivity index (χ2v) is 8.29. The third-order valence-electron chi connectivity index (χ3n) is 5.88. The van der Waals surface area contributed by atoms with Gasteiger partial charge >= 0.3 is 0 Å². The number of nitrogens with one attached hydrogen (secondary N) is 1. The van der Waals surface area contributed by atoms with Gasteiger partial charge in [-0.15, -0.1) is 0 Å². The molecule has 158 valence electrons. The summed E-state index contributed by atoms with van der Waals surface area (Å²) < 4.78 is 0. The molecule has 1 atom stereocenters. The maximum absolute atomic E-state index is 13.6. The minimum Gasteiger partial charge on any atom is -0.319 e. The molecule has 1 unspecified atom stereocenters. The lowest BCUT2D eigenvalue weighted by atomic mass is 9.99. The highest BCUT2D eigenvalue weighted by Gasteiger charge is 2.32. The van der Waals surface area contributed by atoms with Crippen LogP contribution in [0.3, 0.4) is 0 Å². The van der Waals surface area contributed by atoms with Gasteiger partial charge in [-0.1, -0.05) is 18.6 Å². The van der Waals surface area contributed by atoms with Gasteiger partial charge in [0, 0.05) is 12.2 Å². The Morgan fingerprint density at radius 1 is 1.20 bits per heavy atom. The lowest BCUT2D eigenvalue weighted by Crippen LogP contribution is -2.47. The number of anilines is 3. The summed E-state index contributed by atoms with van der Waals surface area (Å²) in [7, 11) is 4.16. The zero-order chi connectivity index (χ0) is 21.1. The SMILES string of the molecule is CN(C)CCC1CCCCN1CC(=O)N1c2ccccc2C(=O)Nc2cccnc21. The molecular weight excluding hydrogens is 378 g/mol. The Morgan fingerprint density at radius 2 is 2.03 bits per heavy atom. The summed E-state index contributed by atoms with van der Waals surface area (Å²) in [6, 6.07) is 11.2. The van der Waals surface area contributed by atoms with E-state index in [1.165, 1.54) is 6.42 Å². The van der Waals surface area contributed by atoms with Gasteiger partial charge in [-0.2, -0.15) is 0 Å². The van der Waals surface area contributed by atoms with Crippen LogP contribution in [-0.4, -0.2) is 66.4 Å². The molecule has 1 saturated heterocycles. The van der Waals surface area contributed by atoms with Gasteiger partial charge in [-0.05, 0) is 70.7 Å². The molecule has 7 heteroatoms. The van der Waals surface area contributed by atoms with Crippen LogP contribution in [0.2, 0.25) is 0 Å². The van der Waals surface area contributed by atoms with Crippen LogP contribution < -0.4 is 10.2 Å². The molecule has 2 aromatic rings. The van der Waals surface area contributed by atoms with Gasteiger partial charge in [-0.25, -0.2) is 4.98 Å². The van der Waals surface area contributed by atoms with E-state index in [1.807, 2.05) is 18.2 Å². The van der Waals surface area contributed by atoms with Crippen LogP contribution >= 0.6 is 0 Å². The van der Waals surface area contributed by atoms with E-state index in [0.29, 0.717) is 35.3 Å². The number of pyridine rings is 1. The molecule has 2 aliphatic heterocycles. The van der Waals surface area contributed by atoms with E-state index >= 15 is 0 Å². The minimum absolute atomic E-state index is 0.0596. The summed E-state index contributed by atoms with van der Waals surface area (Å²) in [6.45, 7) is 2.24. The molecule has 4 rings (SSSR count).